The Morgan fingerprint density at radius 2 is 2.38 bits per heavy atom. The van der Waals surface area contributed by atoms with Crippen LogP contribution >= 0.6 is 23.1 Å². The highest BCUT2D eigenvalue weighted by molar-refractivity contribution is 7.99. The van der Waals surface area contributed by atoms with E-state index in [4.69, 9.17) is 15.0 Å². The van der Waals surface area contributed by atoms with Crippen molar-refractivity contribution in [1.29, 1.82) is 0 Å². The fraction of sp³-hybridized carbons (Fsp3) is 0.500. The van der Waals surface area contributed by atoms with Crippen molar-refractivity contribution in [1.82, 2.24) is 4.98 Å². The van der Waals surface area contributed by atoms with E-state index in [0.29, 0.717) is 0 Å². The zero-order valence-electron chi connectivity index (χ0n) is 12.7. The Hall–Kier alpha value is -1.39. The Morgan fingerprint density at radius 3 is 3.08 bits per heavy atom. The second kappa shape index (κ2) is 7.66. The lowest BCUT2D eigenvalue weighted by molar-refractivity contribution is -0.167. The number of methoxy groups -OCH3 is 1. The SMILES string of the molecule is COC1C(N=[N+]=[N-])[C@@H](O)C(CO)O[C@@H]1Sc1ccc2ncsc2c1. The van der Waals surface area contributed by atoms with Gasteiger partial charge in [0.15, 0.2) is 0 Å². The molecular formula is C14H16N4O4S2. The topological polar surface area (TPSA) is 121 Å². The summed E-state index contributed by atoms with van der Waals surface area (Å²) < 4.78 is 12.2. The third-order valence-electron chi connectivity index (χ3n) is 3.84. The summed E-state index contributed by atoms with van der Waals surface area (Å²) in [4.78, 5) is 7.96. The summed E-state index contributed by atoms with van der Waals surface area (Å²) in [6, 6.07) is 5.00. The van der Waals surface area contributed by atoms with E-state index in [1.165, 1.54) is 18.9 Å². The van der Waals surface area contributed by atoms with E-state index in [1.54, 1.807) is 16.8 Å². The molecule has 1 aromatic carbocycles. The van der Waals surface area contributed by atoms with Crippen LogP contribution in [-0.4, -0.2) is 58.7 Å². The Kier molecular flexibility index (Phi) is 5.57. The molecule has 1 saturated heterocycles. The lowest BCUT2D eigenvalue weighted by Gasteiger charge is -2.41. The van der Waals surface area contributed by atoms with Crippen molar-refractivity contribution < 1.29 is 19.7 Å². The number of rotatable bonds is 5. The molecule has 2 N–H and O–H groups in total. The lowest BCUT2D eigenvalue weighted by Crippen LogP contribution is -2.57. The molecule has 1 aliphatic heterocycles. The molecule has 5 atom stereocenters. The molecule has 24 heavy (non-hydrogen) atoms. The van der Waals surface area contributed by atoms with Crippen LogP contribution in [0, 0.1) is 0 Å². The third kappa shape index (κ3) is 3.35. The van der Waals surface area contributed by atoms with Gasteiger partial charge in [-0.05, 0) is 23.7 Å². The summed E-state index contributed by atoms with van der Waals surface area (Å²) in [5.74, 6) is 0. The van der Waals surface area contributed by atoms with E-state index < -0.39 is 29.8 Å². The van der Waals surface area contributed by atoms with Gasteiger partial charge in [0, 0.05) is 16.9 Å². The maximum atomic E-state index is 10.2. The normalized spacial score (nSPS) is 30.2. The van der Waals surface area contributed by atoms with Crippen molar-refractivity contribution in [3.63, 3.8) is 0 Å². The summed E-state index contributed by atoms with van der Waals surface area (Å²) in [7, 11) is 1.47. The fourth-order valence-corrected chi connectivity index (χ4v) is 4.63. The summed E-state index contributed by atoms with van der Waals surface area (Å²) >= 11 is 2.93. The Balaban J connectivity index is 1.86. The molecule has 0 bridgehead atoms. The molecule has 0 amide bonds. The maximum Gasteiger partial charge on any atom is 0.134 e. The highest BCUT2D eigenvalue weighted by Crippen LogP contribution is 2.37. The van der Waals surface area contributed by atoms with Crippen molar-refractivity contribution in [2.24, 2.45) is 5.11 Å². The maximum absolute atomic E-state index is 10.2. The first kappa shape index (κ1) is 17.4. The Labute approximate surface area is 146 Å². The molecule has 2 aromatic rings. The molecule has 128 valence electrons. The van der Waals surface area contributed by atoms with Gasteiger partial charge in [0.25, 0.3) is 0 Å². The number of thioether (sulfide) groups is 1. The molecule has 3 unspecified atom stereocenters. The van der Waals surface area contributed by atoms with Gasteiger partial charge in [-0.15, -0.1) is 11.3 Å². The zero-order chi connectivity index (χ0) is 17.1. The van der Waals surface area contributed by atoms with Crippen molar-refractivity contribution in [2.75, 3.05) is 13.7 Å². The number of benzene rings is 1. The van der Waals surface area contributed by atoms with Gasteiger partial charge >= 0.3 is 0 Å². The first-order valence-corrected chi connectivity index (χ1v) is 8.95. The monoisotopic (exact) mass is 368 g/mol. The van der Waals surface area contributed by atoms with Crippen LogP contribution in [-0.2, 0) is 9.47 Å². The highest BCUT2D eigenvalue weighted by atomic mass is 32.2. The number of hydrogen-bond acceptors (Lipinski definition) is 8. The van der Waals surface area contributed by atoms with Gasteiger partial charge in [-0.25, -0.2) is 4.98 Å². The predicted molar refractivity (Wildman–Crippen MR) is 91.0 cm³/mol. The average Bonchev–Trinajstić information content (AvgIpc) is 3.05. The molecule has 3 rings (SSSR count). The van der Waals surface area contributed by atoms with Crippen LogP contribution in [0.4, 0.5) is 0 Å². The van der Waals surface area contributed by atoms with Gasteiger partial charge in [0.1, 0.15) is 17.6 Å². The van der Waals surface area contributed by atoms with Gasteiger partial charge in [-0.1, -0.05) is 16.9 Å². The molecule has 0 radical (unpaired) electrons. The number of aliphatic hydroxyl groups is 2. The van der Waals surface area contributed by atoms with E-state index in [1.807, 2.05) is 18.2 Å². The van der Waals surface area contributed by atoms with Gasteiger partial charge < -0.3 is 19.7 Å². The lowest BCUT2D eigenvalue weighted by atomic mass is 9.98. The summed E-state index contributed by atoms with van der Waals surface area (Å²) in [6.45, 7) is -0.375. The van der Waals surface area contributed by atoms with Crippen LogP contribution in [0.2, 0.25) is 0 Å². The van der Waals surface area contributed by atoms with E-state index in [9.17, 15) is 10.2 Å². The number of nitrogens with zero attached hydrogens (tertiary/aromatic N) is 4. The van der Waals surface area contributed by atoms with Gasteiger partial charge in [0.2, 0.25) is 0 Å². The minimum Gasteiger partial charge on any atom is -0.394 e. The molecule has 0 aliphatic carbocycles. The number of azide groups is 1. The number of fused-ring (bicyclic) bond motifs is 1. The van der Waals surface area contributed by atoms with E-state index in [0.717, 1.165) is 15.1 Å². The second-order valence-corrected chi connectivity index (χ2v) is 7.27. The molecule has 1 fully saturated rings. The van der Waals surface area contributed by atoms with Gasteiger partial charge in [-0.2, -0.15) is 0 Å². The third-order valence-corrected chi connectivity index (χ3v) is 5.77. The first-order valence-electron chi connectivity index (χ1n) is 7.19. The number of thiazole rings is 1. The summed E-state index contributed by atoms with van der Waals surface area (Å²) in [6.07, 6.45) is -2.60. The summed E-state index contributed by atoms with van der Waals surface area (Å²) in [5.41, 5.74) is 10.9. The first-order chi connectivity index (χ1) is 11.7. The van der Waals surface area contributed by atoms with Crippen LogP contribution in [0.3, 0.4) is 0 Å². The van der Waals surface area contributed by atoms with E-state index in [-0.39, 0.29) is 6.61 Å². The molecule has 1 aliphatic rings. The molecule has 8 nitrogen and oxygen atoms in total. The quantitative estimate of drug-likeness (QED) is 0.474. The minimum atomic E-state index is -1.13. The number of aromatic nitrogens is 1. The van der Waals surface area contributed by atoms with Crippen LogP contribution in [0.1, 0.15) is 0 Å². The largest absolute Gasteiger partial charge is 0.394 e. The summed E-state index contributed by atoms with van der Waals surface area (Å²) in [5, 5.41) is 23.3. The molecular weight excluding hydrogens is 352 g/mol. The van der Waals surface area contributed by atoms with Crippen molar-refractivity contribution in [2.45, 2.75) is 34.7 Å². The molecule has 1 aromatic heterocycles. The fourth-order valence-electron chi connectivity index (χ4n) is 2.64. The Bertz CT molecular complexity index is 751. The van der Waals surface area contributed by atoms with Crippen molar-refractivity contribution in [3.8, 4) is 0 Å². The van der Waals surface area contributed by atoms with Crippen molar-refractivity contribution >= 4 is 33.3 Å². The van der Waals surface area contributed by atoms with Crippen LogP contribution in [0.5, 0.6) is 0 Å². The van der Waals surface area contributed by atoms with Gasteiger partial charge in [-0.3, -0.25) is 0 Å². The highest BCUT2D eigenvalue weighted by Gasteiger charge is 2.45. The number of ether oxygens (including phenoxy) is 2. The smallest absolute Gasteiger partial charge is 0.134 e. The number of aliphatic hydroxyl groups excluding tert-OH is 2. The predicted octanol–water partition coefficient (Wildman–Crippen LogP) is 2.16. The van der Waals surface area contributed by atoms with E-state index in [2.05, 4.69) is 15.0 Å². The standard InChI is InChI=1S/C14H16N4O4S2/c1-21-13-11(17-18-15)12(20)9(5-19)22-14(13)24-7-2-3-8-10(4-7)23-6-16-8/h2-4,6,9,11-14,19-20H,5H2,1H3/t9?,11?,12-,13?,14+/m0/s1. The molecule has 0 saturated carbocycles. The average molecular weight is 368 g/mol. The molecule has 10 heteroatoms. The number of hydrogen-bond donors (Lipinski definition) is 2. The second-order valence-electron chi connectivity index (χ2n) is 5.21. The minimum absolute atomic E-state index is 0.375. The van der Waals surface area contributed by atoms with Gasteiger partial charge in [0.05, 0.1) is 34.5 Å². The Morgan fingerprint density at radius 1 is 1.54 bits per heavy atom. The molecule has 0 spiro atoms. The van der Waals surface area contributed by atoms with Crippen LogP contribution in [0.15, 0.2) is 33.7 Å². The molecule has 2 heterocycles. The van der Waals surface area contributed by atoms with E-state index >= 15 is 0 Å². The van der Waals surface area contributed by atoms with Crippen molar-refractivity contribution in [3.05, 3.63) is 34.2 Å². The zero-order valence-corrected chi connectivity index (χ0v) is 14.4. The van der Waals surface area contributed by atoms with Crippen LogP contribution in [0.25, 0.3) is 20.7 Å². The van der Waals surface area contributed by atoms with Crippen LogP contribution < -0.4 is 0 Å².